The molecule has 5 rings (SSSR count). The van der Waals surface area contributed by atoms with Gasteiger partial charge in [0, 0.05) is 32.7 Å². The van der Waals surface area contributed by atoms with Gasteiger partial charge < -0.3 is 19.8 Å². The van der Waals surface area contributed by atoms with E-state index in [2.05, 4.69) is 29.2 Å². The summed E-state index contributed by atoms with van der Waals surface area (Å²) in [6.45, 7) is 4.92. The number of hydrogen-bond donors (Lipinski definition) is 2. The third-order valence-corrected chi connectivity index (χ3v) is 6.90. The van der Waals surface area contributed by atoms with Gasteiger partial charge in [0.05, 0.1) is 0 Å². The number of amides is 1. The van der Waals surface area contributed by atoms with Gasteiger partial charge in [0.25, 0.3) is 5.91 Å². The lowest BCUT2D eigenvalue weighted by atomic mass is 9.93. The van der Waals surface area contributed by atoms with Crippen molar-refractivity contribution in [2.24, 2.45) is 17.8 Å². The molecule has 2 fully saturated rings. The molecule has 2 aromatic carbocycles. The SMILES string of the molecule is O=C(COc1ccc2ccccc2c1)N1CCN(CC2CC3C=CC2C3)CC1.O=C(O)C(=O)O. The Bertz CT molecular complexity index is 1060. The molecule has 3 aliphatic rings. The van der Waals surface area contributed by atoms with Crippen molar-refractivity contribution in [3.8, 4) is 5.75 Å². The maximum Gasteiger partial charge on any atom is 0.414 e. The molecule has 8 nitrogen and oxygen atoms in total. The molecule has 8 heteroatoms. The highest BCUT2D eigenvalue weighted by molar-refractivity contribution is 6.27. The highest BCUT2D eigenvalue weighted by atomic mass is 16.5. The van der Waals surface area contributed by atoms with Gasteiger partial charge >= 0.3 is 11.9 Å². The average molecular weight is 467 g/mol. The largest absolute Gasteiger partial charge is 0.484 e. The van der Waals surface area contributed by atoms with Crippen LogP contribution >= 0.6 is 0 Å². The van der Waals surface area contributed by atoms with Crippen LogP contribution in [-0.4, -0.2) is 77.2 Å². The first-order chi connectivity index (χ1) is 16.4. The van der Waals surface area contributed by atoms with Crippen molar-refractivity contribution in [3.05, 3.63) is 54.6 Å². The number of hydrogen-bond acceptors (Lipinski definition) is 5. The lowest BCUT2D eigenvalue weighted by molar-refractivity contribution is -0.159. The number of ether oxygens (including phenoxy) is 1. The van der Waals surface area contributed by atoms with Gasteiger partial charge in [-0.2, -0.15) is 0 Å². The van der Waals surface area contributed by atoms with Crippen LogP contribution < -0.4 is 4.74 Å². The predicted octanol–water partition coefficient (Wildman–Crippen LogP) is 2.73. The Morgan fingerprint density at radius 1 is 0.882 bits per heavy atom. The Kier molecular flexibility index (Phi) is 7.47. The molecule has 1 saturated carbocycles. The molecular weight excluding hydrogens is 436 g/mol. The fraction of sp³-hybridized carbons (Fsp3) is 0.423. The molecule has 0 radical (unpaired) electrons. The Balaban J connectivity index is 0.000000408. The van der Waals surface area contributed by atoms with Gasteiger partial charge in [-0.05, 0) is 53.5 Å². The normalized spacial score (nSPS) is 23.4. The third kappa shape index (κ3) is 5.94. The molecule has 0 aromatic heterocycles. The van der Waals surface area contributed by atoms with Gasteiger partial charge in [-0.1, -0.05) is 42.5 Å². The number of allylic oxidation sites excluding steroid dienone is 2. The average Bonchev–Trinajstić information content (AvgIpc) is 3.47. The molecule has 1 heterocycles. The molecule has 2 N–H and O–H groups in total. The number of nitrogens with zero attached hydrogens (tertiary/aromatic N) is 2. The van der Waals surface area contributed by atoms with Crippen molar-refractivity contribution in [2.75, 3.05) is 39.3 Å². The van der Waals surface area contributed by atoms with E-state index in [1.807, 2.05) is 35.2 Å². The summed E-state index contributed by atoms with van der Waals surface area (Å²) < 4.78 is 5.78. The minimum absolute atomic E-state index is 0.0932. The highest BCUT2D eigenvalue weighted by Crippen LogP contribution is 2.43. The van der Waals surface area contributed by atoms with Crippen molar-refractivity contribution < 1.29 is 29.3 Å². The van der Waals surface area contributed by atoms with E-state index in [1.165, 1.54) is 24.8 Å². The van der Waals surface area contributed by atoms with E-state index in [0.717, 1.165) is 55.1 Å². The molecule has 34 heavy (non-hydrogen) atoms. The van der Waals surface area contributed by atoms with Crippen molar-refractivity contribution >= 4 is 28.6 Å². The number of aliphatic carboxylic acids is 2. The van der Waals surface area contributed by atoms with Crippen LogP contribution in [0.5, 0.6) is 5.75 Å². The summed E-state index contributed by atoms with van der Waals surface area (Å²) in [5, 5.41) is 17.1. The van der Waals surface area contributed by atoms with Gasteiger partial charge in [-0.25, -0.2) is 9.59 Å². The summed E-state index contributed by atoms with van der Waals surface area (Å²) >= 11 is 0. The van der Waals surface area contributed by atoms with Crippen LogP contribution in [0.25, 0.3) is 10.8 Å². The summed E-state index contributed by atoms with van der Waals surface area (Å²) in [4.78, 5) is 35.3. The number of fused-ring (bicyclic) bond motifs is 3. The first-order valence-electron chi connectivity index (χ1n) is 11.7. The molecular formula is C26H30N2O6. The number of carboxylic acids is 2. The van der Waals surface area contributed by atoms with Crippen LogP contribution in [0.1, 0.15) is 12.8 Å². The van der Waals surface area contributed by atoms with E-state index in [4.69, 9.17) is 24.5 Å². The zero-order valence-electron chi connectivity index (χ0n) is 19.0. The second-order valence-electron chi connectivity index (χ2n) is 9.13. The Morgan fingerprint density at radius 2 is 1.59 bits per heavy atom. The summed E-state index contributed by atoms with van der Waals surface area (Å²) in [6, 6.07) is 14.2. The second kappa shape index (κ2) is 10.7. The number of benzene rings is 2. The fourth-order valence-corrected chi connectivity index (χ4v) is 5.11. The van der Waals surface area contributed by atoms with E-state index < -0.39 is 11.9 Å². The third-order valence-electron chi connectivity index (χ3n) is 6.90. The van der Waals surface area contributed by atoms with Gasteiger partial charge in [0.2, 0.25) is 0 Å². The maximum atomic E-state index is 12.6. The first-order valence-corrected chi connectivity index (χ1v) is 11.7. The molecule has 180 valence electrons. The van der Waals surface area contributed by atoms with Crippen molar-refractivity contribution in [1.82, 2.24) is 9.80 Å². The minimum Gasteiger partial charge on any atom is -0.484 e. The quantitative estimate of drug-likeness (QED) is 0.515. The molecule has 1 amide bonds. The number of carbonyl (C=O) groups excluding carboxylic acids is 1. The fourth-order valence-electron chi connectivity index (χ4n) is 5.11. The summed E-state index contributed by atoms with van der Waals surface area (Å²) in [6.07, 6.45) is 7.57. The van der Waals surface area contributed by atoms with Gasteiger partial charge in [0.15, 0.2) is 6.61 Å². The monoisotopic (exact) mass is 466 g/mol. The van der Waals surface area contributed by atoms with E-state index in [-0.39, 0.29) is 12.5 Å². The number of carboxylic acid groups (broad SMARTS) is 2. The van der Waals surface area contributed by atoms with Crippen LogP contribution in [0.3, 0.4) is 0 Å². The molecule has 1 saturated heterocycles. The van der Waals surface area contributed by atoms with Crippen molar-refractivity contribution in [2.45, 2.75) is 12.8 Å². The van der Waals surface area contributed by atoms with Gasteiger partial charge in [0.1, 0.15) is 5.75 Å². The minimum atomic E-state index is -1.82. The zero-order chi connectivity index (χ0) is 24.1. The van der Waals surface area contributed by atoms with Crippen LogP contribution in [0.15, 0.2) is 54.6 Å². The first kappa shape index (κ1) is 23.8. The standard InChI is InChI=1S/C24H28N2O2.C2H2O4/c27-24(17-28-23-8-7-19-3-1-2-4-20(19)15-23)26-11-9-25(10-12-26)16-22-14-18-5-6-21(22)13-18;3-1(4)2(5)6/h1-8,15,18,21-22H,9-14,16-17H2;(H,3,4)(H,5,6). The molecule has 3 unspecified atom stereocenters. The van der Waals surface area contributed by atoms with Gasteiger partial charge in [-0.15, -0.1) is 0 Å². The maximum absolute atomic E-state index is 12.6. The number of piperazine rings is 1. The molecule has 1 aliphatic heterocycles. The van der Waals surface area contributed by atoms with E-state index in [9.17, 15) is 4.79 Å². The van der Waals surface area contributed by atoms with Crippen LogP contribution in [-0.2, 0) is 14.4 Å². The highest BCUT2D eigenvalue weighted by Gasteiger charge is 2.36. The number of rotatable bonds is 5. The predicted molar refractivity (Wildman–Crippen MR) is 127 cm³/mol. The molecule has 3 atom stereocenters. The summed E-state index contributed by atoms with van der Waals surface area (Å²) in [5.74, 6) is -0.325. The van der Waals surface area contributed by atoms with E-state index >= 15 is 0 Å². The Morgan fingerprint density at radius 3 is 2.21 bits per heavy atom. The smallest absolute Gasteiger partial charge is 0.414 e. The van der Waals surface area contributed by atoms with Gasteiger partial charge in [-0.3, -0.25) is 9.69 Å². The van der Waals surface area contributed by atoms with Crippen LogP contribution in [0.2, 0.25) is 0 Å². The molecule has 2 bridgehead atoms. The molecule has 0 spiro atoms. The van der Waals surface area contributed by atoms with E-state index in [1.54, 1.807) is 0 Å². The topological polar surface area (TPSA) is 107 Å². The lowest BCUT2D eigenvalue weighted by Crippen LogP contribution is -2.51. The molecule has 2 aromatic rings. The van der Waals surface area contributed by atoms with Crippen molar-refractivity contribution in [3.63, 3.8) is 0 Å². The van der Waals surface area contributed by atoms with Crippen LogP contribution in [0.4, 0.5) is 0 Å². The van der Waals surface area contributed by atoms with E-state index in [0.29, 0.717) is 0 Å². The Hall–Kier alpha value is -3.39. The summed E-state index contributed by atoms with van der Waals surface area (Å²) in [7, 11) is 0. The summed E-state index contributed by atoms with van der Waals surface area (Å²) in [5.41, 5.74) is 0. The zero-order valence-corrected chi connectivity index (χ0v) is 19.0. The molecule has 2 aliphatic carbocycles. The van der Waals surface area contributed by atoms with Crippen molar-refractivity contribution in [1.29, 1.82) is 0 Å². The number of carbonyl (C=O) groups is 3. The Labute approximate surface area is 198 Å². The van der Waals surface area contributed by atoms with Crippen LogP contribution in [0, 0.1) is 17.8 Å². The second-order valence-corrected chi connectivity index (χ2v) is 9.13. The lowest BCUT2D eigenvalue weighted by Gasteiger charge is -2.36.